The van der Waals surface area contributed by atoms with Crippen molar-refractivity contribution in [2.24, 2.45) is 5.41 Å². The van der Waals surface area contributed by atoms with Gasteiger partial charge in [0.25, 0.3) is 0 Å². The van der Waals surface area contributed by atoms with Crippen LogP contribution in [0.25, 0.3) is 0 Å². The Morgan fingerprint density at radius 1 is 1.43 bits per heavy atom. The van der Waals surface area contributed by atoms with Crippen molar-refractivity contribution in [2.45, 2.75) is 19.5 Å². The zero-order valence-corrected chi connectivity index (χ0v) is 13.1. The smallest absolute Gasteiger partial charge is 0.387 e. The number of rotatable bonds is 3. The molecule has 1 aromatic carbocycles. The summed E-state index contributed by atoms with van der Waals surface area (Å²) in [6, 6.07) is 3.86. The van der Waals surface area contributed by atoms with Crippen molar-refractivity contribution in [3.8, 4) is 5.75 Å². The molecule has 0 saturated carbocycles. The van der Waals surface area contributed by atoms with Gasteiger partial charge in [-0.15, -0.1) is 0 Å². The first-order chi connectivity index (χ1) is 11.0. The molecule has 0 unspecified atom stereocenters. The molecule has 3 rings (SSSR count). The summed E-state index contributed by atoms with van der Waals surface area (Å²) in [5.74, 6) is -0.154. The van der Waals surface area contributed by atoms with Crippen molar-refractivity contribution in [3.05, 3.63) is 23.2 Å². The normalized spacial score (nSPS) is 23.7. The summed E-state index contributed by atoms with van der Waals surface area (Å²) in [6.45, 7) is -0.378. The Morgan fingerprint density at radius 3 is 2.96 bits per heavy atom. The van der Waals surface area contributed by atoms with Gasteiger partial charge >= 0.3 is 12.6 Å². The molecule has 0 radical (unpaired) electrons. The lowest BCUT2D eigenvalue weighted by molar-refractivity contribution is -0.0493. The number of carbonyl (C=O) groups excluding carboxylic acids is 1. The predicted octanol–water partition coefficient (Wildman–Crippen LogP) is 3.59. The second kappa shape index (κ2) is 6.49. The van der Waals surface area contributed by atoms with E-state index in [4.69, 9.17) is 16.3 Å². The van der Waals surface area contributed by atoms with Crippen LogP contribution in [0.15, 0.2) is 18.2 Å². The number of likely N-dealkylation sites (tertiary alicyclic amines) is 1. The second-order valence-corrected chi connectivity index (χ2v) is 6.36. The van der Waals surface area contributed by atoms with E-state index in [2.05, 4.69) is 10.1 Å². The number of hydrogen-bond donors (Lipinski definition) is 1. The van der Waals surface area contributed by atoms with E-state index in [-0.39, 0.29) is 27.9 Å². The summed E-state index contributed by atoms with van der Waals surface area (Å²) in [7, 11) is 0. The number of nitrogens with one attached hydrogen (secondary N) is 1. The molecule has 0 bridgehead atoms. The van der Waals surface area contributed by atoms with Crippen LogP contribution in [0.3, 0.4) is 0 Å². The van der Waals surface area contributed by atoms with E-state index in [1.807, 2.05) is 0 Å². The molecule has 0 aliphatic carbocycles. The summed E-state index contributed by atoms with van der Waals surface area (Å²) in [5, 5.41) is 2.87. The van der Waals surface area contributed by atoms with Gasteiger partial charge in [-0.05, 0) is 25.0 Å². The minimum absolute atomic E-state index is 0.0413. The van der Waals surface area contributed by atoms with Gasteiger partial charge in [-0.25, -0.2) is 4.79 Å². The first kappa shape index (κ1) is 16.3. The van der Waals surface area contributed by atoms with Crippen LogP contribution in [0.5, 0.6) is 5.75 Å². The molecule has 1 atom stereocenters. The molecule has 2 amide bonds. The summed E-state index contributed by atoms with van der Waals surface area (Å²) < 4.78 is 34.8. The van der Waals surface area contributed by atoms with E-state index < -0.39 is 6.61 Å². The molecule has 2 heterocycles. The summed E-state index contributed by atoms with van der Waals surface area (Å²) >= 11 is 5.78. The fourth-order valence-corrected chi connectivity index (χ4v) is 3.23. The number of hydrogen-bond acceptors (Lipinski definition) is 3. The number of amides is 2. The first-order valence-electron chi connectivity index (χ1n) is 7.36. The molecule has 1 aromatic rings. The lowest BCUT2D eigenvalue weighted by atomic mass is 9.87. The van der Waals surface area contributed by atoms with Crippen molar-refractivity contribution in [1.29, 1.82) is 0 Å². The van der Waals surface area contributed by atoms with E-state index in [9.17, 15) is 13.6 Å². The summed E-state index contributed by atoms with van der Waals surface area (Å²) in [5.41, 5.74) is 0.211. The minimum Gasteiger partial charge on any atom is -0.433 e. The minimum atomic E-state index is -2.99. The van der Waals surface area contributed by atoms with E-state index in [1.54, 1.807) is 4.90 Å². The zero-order chi connectivity index (χ0) is 16.4. The molecule has 23 heavy (non-hydrogen) atoms. The van der Waals surface area contributed by atoms with Gasteiger partial charge in [0.2, 0.25) is 0 Å². The molecule has 8 heteroatoms. The Kier molecular flexibility index (Phi) is 4.59. The highest BCUT2D eigenvalue weighted by Crippen LogP contribution is 2.38. The van der Waals surface area contributed by atoms with Crippen molar-refractivity contribution >= 4 is 23.3 Å². The standard InChI is InChI=1S/C15H17ClF2N2O3/c16-10-1-2-11(12(7-10)23-13(17)18)19-14(21)20-5-3-15(8-20)4-6-22-9-15/h1-2,7,13H,3-6,8-9H2,(H,19,21)/t15-/m1/s1. The Hall–Kier alpha value is -1.60. The SMILES string of the molecule is O=C(Nc1ccc(Cl)cc1OC(F)F)N1CC[C@@]2(CCOC2)C1. The van der Waals surface area contributed by atoms with Gasteiger partial charge in [-0.1, -0.05) is 11.6 Å². The maximum Gasteiger partial charge on any atom is 0.387 e. The number of alkyl halides is 2. The van der Waals surface area contributed by atoms with E-state index in [0.29, 0.717) is 19.7 Å². The van der Waals surface area contributed by atoms with Crippen LogP contribution >= 0.6 is 11.6 Å². The molecule has 1 spiro atoms. The second-order valence-electron chi connectivity index (χ2n) is 5.92. The van der Waals surface area contributed by atoms with Gasteiger partial charge < -0.3 is 19.7 Å². The number of urea groups is 1. The molecule has 126 valence electrons. The highest BCUT2D eigenvalue weighted by atomic mass is 35.5. The van der Waals surface area contributed by atoms with Crippen LogP contribution in [0.2, 0.25) is 5.02 Å². The highest BCUT2D eigenvalue weighted by Gasteiger charge is 2.42. The van der Waals surface area contributed by atoms with E-state index in [0.717, 1.165) is 19.4 Å². The van der Waals surface area contributed by atoms with Gasteiger partial charge in [-0.2, -0.15) is 8.78 Å². The summed E-state index contributed by atoms with van der Waals surface area (Å²) in [4.78, 5) is 14.1. The molecule has 0 aromatic heterocycles. The fourth-order valence-electron chi connectivity index (χ4n) is 3.07. The van der Waals surface area contributed by atoms with Gasteiger partial charge in [0.1, 0.15) is 0 Å². The molecule has 2 aliphatic rings. The van der Waals surface area contributed by atoms with Gasteiger partial charge in [0.05, 0.1) is 12.3 Å². The van der Waals surface area contributed by atoms with E-state index in [1.165, 1.54) is 18.2 Å². The van der Waals surface area contributed by atoms with Crippen LogP contribution < -0.4 is 10.1 Å². The number of benzene rings is 1. The number of nitrogens with zero attached hydrogens (tertiary/aromatic N) is 1. The molecule has 2 fully saturated rings. The number of ether oxygens (including phenoxy) is 2. The van der Waals surface area contributed by atoms with Crippen LogP contribution in [0.4, 0.5) is 19.3 Å². The molecular formula is C15H17ClF2N2O3. The Morgan fingerprint density at radius 2 is 2.26 bits per heavy atom. The van der Waals surface area contributed by atoms with Crippen LogP contribution in [0.1, 0.15) is 12.8 Å². The average molecular weight is 347 g/mol. The quantitative estimate of drug-likeness (QED) is 0.910. The zero-order valence-electron chi connectivity index (χ0n) is 12.4. The monoisotopic (exact) mass is 346 g/mol. The molecule has 1 N–H and O–H groups in total. The third-order valence-corrected chi connectivity index (χ3v) is 4.55. The number of anilines is 1. The maximum absolute atomic E-state index is 12.5. The molecule has 2 aliphatic heterocycles. The summed E-state index contributed by atoms with van der Waals surface area (Å²) in [6.07, 6.45) is 1.83. The van der Waals surface area contributed by atoms with E-state index >= 15 is 0 Å². The Bertz CT molecular complexity index is 594. The van der Waals surface area contributed by atoms with Crippen LogP contribution in [-0.4, -0.2) is 43.8 Å². The topological polar surface area (TPSA) is 50.8 Å². The molecule has 5 nitrogen and oxygen atoms in total. The van der Waals surface area contributed by atoms with Crippen molar-refractivity contribution in [2.75, 3.05) is 31.6 Å². The van der Waals surface area contributed by atoms with Gasteiger partial charge in [0, 0.05) is 36.2 Å². The van der Waals surface area contributed by atoms with Crippen molar-refractivity contribution in [1.82, 2.24) is 4.90 Å². The maximum atomic E-state index is 12.5. The van der Waals surface area contributed by atoms with Gasteiger partial charge in [-0.3, -0.25) is 0 Å². The number of halogens is 3. The molecular weight excluding hydrogens is 330 g/mol. The van der Waals surface area contributed by atoms with Gasteiger partial charge in [0.15, 0.2) is 5.75 Å². The average Bonchev–Trinajstić information content (AvgIpc) is 3.12. The van der Waals surface area contributed by atoms with Crippen LogP contribution in [-0.2, 0) is 4.74 Å². The first-order valence-corrected chi connectivity index (χ1v) is 7.73. The Labute approximate surface area is 137 Å². The van der Waals surface area contributed by atoms with Crippen molar-refractivity contribution < 1.29 is 23.0 Å². The fraction of sp³-hybridized carbons (Fsp3) is 0.533. The highest BCUT2D eigenvalue weighted by molar-refractivity contribution is 6.30. The lowest BCUT2D eigenvalue weighted by Gasteiger charge is -2.22. The number of carbonyl (C=O) groups is 1. The Balaban J connectivity index is 1.68. The van der Waals surface area contributed by atoms with Crippen LogP contribution in [0, 0.1) is 5.41 Å². The largest absolute Gasteiger partial charge is 0.433 e. The predicted molar refractivity (Wildman–Crippen MR) is 81.2 cm³/mol. The lowest BCUT2D eigenvalue weighted by Crippen LogP contribution is -2.35. The molecule has 2 saturated heterocycles. The third-order valence-electron chi connectivity index (χ3n) is 4.31. The third kappa shape index (κ3) is 3.67. The van der Waals surface area contributed by atoms with Crippen molar-refractivity contribution in [3.63, 3.8) is 0 Å².